The van der Waals surface area contributed by atoms with Gasteiger partial charge in [0, 0.05) is 5.56 Å². The first-order valence-electron chi connectivity index (χ1n) is 5.79. The minimum atomic E-state index is -4.90. The van der Waals surface area contributed by atoms with Crippen LogP contribution in [-0.4, -0.2) is 24.7 Å². The maximum Gasteiger partial charge on any atom is 0.413 e. The Kier molecular flexibility index (Phi) is 7.54. The Morgan fingerprint density at radius 2 is 1.82 bits per heavy atom. The topological polar surface area (TPSA) is 64.4 Å². The predicted octanol–water partition coefficient (Wildman–Crippen LogP) is 2.78. The second-order valence-corrected chi connectivity index (χ2v) is 4.19. The molecule has 0 saturated heterocycles. The van der Waals surface area contributed by atoms with E-state index in [0.29, 0.717) is 0 Å². The van der Waals surface area contributed by atoms with Gasteiger partial charge in [-0.25, -0.2) is 0 Å². The molecule has 1 aromatic rings. The molecule has 0 radical (unpaired) electrons. The van der Waals surface area contributed by atoms with Crippen molar-refractivity contribution in [1.29, 1.82) is 0 Å². The minimum Gasteiger partial charge on any atom is -0.434 e. The summed E-state index contributed by atoms with van der Waals surface area (Å²) in [4.78, 5) is 11.4. The van der Waals surface area contributed by atoms with Gasteiger partial charge in [0.15, 0.2) is 6.04 Å². The zero-order chi connectivity index (χ0) is 16.2. The number of carbonyl (C=O) groups excluding carboxylic acids is 1. The number of nitrogens with two attached hydrogens (primary N) is 1. The first-order chi connectivity index (χ1) is 9.62. The fourth-order valence-corrected chi connectivity index (χ4v) is 1.53. The van der Waals surface area contributed by atoms with Gasteiger partial charge in [-0.3, -0.25) is 4.79 Å². The van der Waals surface area contributed by atoms with E-state index in [1.54, 1.807) is 5.32 Å². The van der Waals surface area contributed by atoms with Crippen molar-refractivity contribution >= 4 is 18.3 Å². The summed E-state index contributed by atoms with van der Waals surface area (Å²) >= 11 is 0. The van der Waals surface area contributed by atoms with Crippen LogP contribution >= 0.6 is 12.4 Å². The number of hydrogen-bond acceptors (Lipinski definition) is 3. The quantitative estimate of drug-likeness (QED) is 0.804. The van der Waals surface area contributed by atoms with Crippen molar-refractivity contribution < 1.29 is 31.5 Å². The third-order valence-corrected chi connectivity index (χ3v) is 2.47. The van der Waals surface area contributed by atoms with E-state index in [9.17, 15) is 26.7 Å². The molecule has 0 saturated carbocycles. The molecular weight excluding hydrogens is 335 g/mol. The van der Waals surface area contributed by atoms with Crippen LogP contribution < -0.4 is 15.8 Å². The molecule has 3 N–H and O–H groups in total. The van der Waals surface area contributed by atoms with Crippen LogP contribution in [0.15, 0.2) is 24.3 Å². The Bertz CT molecular complexity index is 497. The van der Waals surface area contributed by atoms with Gasteiger partial charge in [-0.2, -0.15) is 22.0 Å². The molecule has 1 aromatic carbocycles. The highest BCUT2D eigenvalue weighted by Crippen LogP contribution is 2.37. The predicted molar refractivity (Wildman–Crippen MR) is 70.9 cm³/mol. The number of benzene rings is 1. The van der Waals surface area contributed by atoms with Crippen molar-refractivity contribution in [2.45, 2.75) is 31.8 Å². The molecule has 0 aliphatic carbocycles. The van der Waals surface area contributed by atoms with Gasteiger partial charge in [0.1, 0.15) is 5.75 Å². The highest BCUT2D eigenvalue weighted by molar-refractivity contribution is 5.85. The SMILES string of the molecule is C[C@@H](N)C(=O)NC(c1ccccc1OC(F)F)C(F)(F)F.Cl. The number of hydrogen-bond donors (Lipinski definition) is 2. The molecule has 0 fully saturated rings. The van der Waals surface area contributed by atoms with Crippen LogP contribution in [0.3, 0.4) is 0 Å². The zero-order valence-corrected chi connectivity index (χ0v) is 12.0. The Labute approximate surface area is 129 Å². The first-order valence-corrected chi connectivity index (χ1v) is 5.79. The van der Waals surface area contributed by atoms with E-state index >= 15 is 0 Å². The van der Waals surface area contributed by atoms with Crippen molar-refractivity contribution in [2.24, 2.45) is 5.73 Å². The summed E-state index contributed by atoms with van der Waals surface area (Å²) in [6, 6.07) is 0.672. The van der Waals surface area contributed by atoms with E-state index in [4.69, 9.17) is 5.73 Å². The van der Waals surface area contributed by atoms with Crippen LogP contribution in [0.25, 0.3) is 0 Å². The third kappa shape index (κ3) is 5.64. The Morgan fingerprint density at radius 3 is 2.27 bits per heavy atom. The number of para-hydroxylation sites is 1. The highest BCUT2D eigenvalue weighted by atomic mass is 35.5. The average Bonchev–Trinajstić information content (AvgIpc) is 2.34. The summed E-state index contributed by atoms with van der Waals surface area (Å²) < 4.78 is 67.7. The van der Waals surface area contributed by atoms with Gasteiger partial charge in [-0.05, 0) is 13.0 Å². The second kappa shape index (κ2) is 8.14. The molecule has 0 aromatic heterocycles. The zero-order valence-electron chi connectivity index (χ0n) is 11.2. The van der Waals surface area contributed by atoms with E-state index in [1.165, 1.54) is 19.1 Å². The molecule has 1 unspecified atom stereocenters. The molecule has 10 heteroatoms. The Hall–Kier alpha value is -1.61. The van der Waals surface area contributed by atoms with Crippen LogP contribution in [0, 0.1) is 0 Å². The van der Waals surface area contributed by atoms with E-state index < -0.39 is 42.1 Å². The van der Waals surface area contributed by atoms with Gasteiger partial charge in [0.05, 0.1) is 6.04 Å². The summed E-state index contributed by atoms with van der Waals surface area (Å²) in [6.45, 7) is -2.09. The van der Waals surface area contributed by atoms with Gasteiger partial charge < -0.3 is 15.8 Å². The lowest BCUT2D eigenvalue weighted by Crippen LogP contribution is -2.45. The standard InChI is InChI=1S/C12H13F5N2O2.ClH/c1-6(18)10(20)19-9(12(15,16)17)7-4-2-3-5-8(7)21-11(13)14;/h2-6,9,11H,18H2,1H3,(H,19,20);1H/t6-,9?;/m1./s1. The van der Waals surface area contributed by atoms with Gasteiger partial charge in [0.2, 0.25) is 5.91 Å². The largest absolute Gasteiger partial charge is 0.434 e. The van der Waals surface area contributed by atoms with Gasteiger partial charge in [0.25, 0.3) is 0 Å². The number of ether oxygens (including phenoxy) is 1. The summed E-state index contributed by atoms with van der Waals surface area (Å²) in [6.07, 6.45) is -4.90. The summed E-state index contributed by atoms with van der Waals surface area (Å²) in [5, 5.41) is 1.67. The van der Waals surface area contributed by atoms with Gasteiger partial charge >= 0.3 is 12.8 Å². The van der Waals surface area contributed by atoms with Crippen molar-refractivity contribution in [2.75, 3.05) is 0 Å². The van der Waals surface area contributed by atoms with Crippen molar-refractivity contribution in [3.8, 4) is 5.75 Å². The lowest BCUT2D eigenvalue weighted by molar-refractivity contribution is -0.164. The average molecular weight is 349 g/mol. The normalized spacial score (nSPS) is 14.0. The van der Waals surface area contributed by atoms with E-state index in [-0.39, 0.29) is 12.4 Å². The molecule has 1 rings (SSSR count). The Morgan fingerprint density at radius 1 is 1.27 bits per heavy atom. The molecule has 0 spiro atoms. The monoisotopic (exact) mass is 348 g/mol. The molecule has 2 atom stereocenters. The van der Waals surface area contributed by atoms with Gasteiger partial charge in [-0.15, -0.1) is 12.4 Å². The number of nitrogens with one attached hydrogen (secondary N) is 1. The highest BCUT2D eigenvalue weighted by Gasteiger charge is 2.43. The fraction of sp³-hybridized carbons (Fsp3) is 0.417. The third-order valence-electron chi connectivity index (χ3n) is 2.47. The summed E-state index contributed by atoms with van der Waals surface area (Å²) in [5.74, 6) is -1.73. The first kappa shape index (κ1) is 20.4. The molecular formula is C12H14ClF5N2O2. The number of halogens is 6. The molecule has 0 heterocycles. The van der Waals surface area contributed by atoms with E-state index in [2.05, 4.69) is 4.74 Å². The Balaban J connectivity index is 0.00000441. The molecule has 0 aliphatic rings. The van der Waals surface area contributed by atoms with Gasteiger partial charge in [-0.1, -0.05) is 18.2 Å². The number of amides is 1. The van der Waals surface area contributed by atoms with E-state index in [1.807, 2.05) is 0 Å². The lowest BCUT2D eigenvalue weighted by atomic mass is 10.0. The smallest absolute Gasteiger partial charge is 0.413 e. The van der Waals surface area contributed by atoms with Crippen molar-refractivity contribution in [3.63, 3.8) is 0 Å². The maximum absolute atomic E-state index is 13.0. The van der Waals surface area contributed by atoms with Crippen LogP contribution in [0.1, 0.15) is 18.5 Å². The second-order valence-electron chi connectivity index (χ2n) is 4.19. The van der Waals surface area contributed by atoms with Crippen LogP contribution in [0.2, 0.25) is 0 Å². The molecule has 4 nitrogen and oxygen atoms in total. The van der Waals surface area contributed by atoms with E-state index in [0.717, 1.165) is 12.1 Å². The molecule has 0 aliphatic heterocycles. The van der Waals surface area contributed by atoms with Crippen LogP contribution in [0.4, 0.5) is 22.0 Å². The number of carbonyl (C=O) groups is 1. The van der Waals surface area contributed by atoms with Crippen molar-refractivity contribution in [3.05, 3.63) is 29.8 Å². The van der Waals surface area contributed by atoms with Crippen LogP contribution in [-0.2, 0) is 4.79 Å². The summed E-state index contributed by atoms with van der Waals surface area (Å²) in [5.41, 5.74) is 4.57. The fourth-order valence-electron chi connectivity index (χ4n) is 1.53. The maximum atomic E-state index is 13.0. The number of alkyl halides is 5. The van der Waals surface area contributed by atoms with Crippen molar-refractivity contribution in [1.82, 2.24) is 5.32 Å². The van der Waals surface area contributed by atoms with Crippen LogP contribution in [0.5, 0.6) is 5.75 Å². The number of rotatable bonds is 5. The molecule has 22 heavy (non-hydrogen) atoms. The molecule has 126 valence electrons. The molecule has 0 bridgehead atoms. The molecule has 1 amide bonds. The minimum absolute atomic E-state index is 0. The lowest BCUT2D eigenvalue weighted by Gasteiger charge is -2.24. The summed E-state index contributed by atoms with van der Waals surface area (Å²) in [7, 11) is 0.